The molecule has 3 heteroatoms. The molecule has 1 aliphatic carbocycles. The molecule has 1 aromatic carbocycles. The van der Waals surface area contributed by atoms with E-state index in [-0.39, 0.29) is 6.10 Å². The quantitative estimate of drug-likeness (QED) is 0.877. The normalized spacial score (nSPS) is 25.2. The SMILES string of the molecule is CN(Cc1ccc(Cl)cc1)C1CCCC1O. The predicted molar refractivity (Wildman–Crippen MR) is 66.6 cm³/mol. The number of hydrogen-bond acceptors (Lipinski definition) is 2. The van der Waals surface area contributed by atoms with Crippen LogP contribution in [-0.4, -0.2) is 29.2 Å². The molecule has 0 aromatic heterocycles. The number of aliphatic hydroxyl groups excluding tert-OH is 1. The lowest BCUT2D eigenvalue weighted by atomic mass is 10.1. The minimum atomic E-state index is -0.155. The van der Waals surface area contributed by atoms with Gasteiger partial charge in [0.15, 0.2) is 0 Å². The van der Waals surface area contributed by atoms with Crippen LogP contribution in [0.15, 0.2) is 24.3 Å². The van der Waals surface area contributed by atoms with Crippen molar-refractivity contribution in [2.24, 2.45) is 0 Å². The summed E-state index contributed by atoms with van der Waals surface area (Å²) in [5.74, 6) is 0. The van der Waals surface area contributed by atoms with E-state index in [1.807, 2.05) is 24.3 Å². The van der Waals surface area contributed by atoms with Gasteiger partial charge in [0.1, 0.15) is 0 Å². The van der Waals surface area contributed by atoms with Crippen LogP contribution in [0.5, 0.6) is 0 Å². The van der Waals surface area contributed by atoms with Crippen LogP contribution in [0.1, 0.15) is 24.8 Å². The van der Waals surface area contributed by atoms with Crippen LogP contribution in [0.3, 0.4) is 0 Å². The monoisotopic (exact) mass is 239 g/mol. The summed E-state index contributed by atoms with van der Waals surface area (Å²) in [7, 11) is 2.08. The minimum absolute atomic E-state index is 0.155. The van der Waals surface area contributed by atoms with Crippen LogP contribution in [0, 0.1) is 0 Å². The molecule has 16 heavy (non-hydrogen) atoms. The van der Waals surface area contributed by atoms with Gasteiger partial charge in [-0.1, -0.05) is 23.7 Å². The van der Waals surface area contributed by atoms with Crippen LogP contribution < -0.4 is 0 Å². The molecule has 1 aliphatic rings. The highest BCUT2D eigenvalue weighted by molar-refractivity contribution is 6.30. The maximum absolute atomic E-state index is 9.82. The Hall–Kier alpha value is -0.570. The first kappa shape index (κ1) is 11.9. The van der Waals surface area contributed by atoms with Crippen molar-refractivity contribution in [3.63, 3.8) is 0 Å². The highest BCUT2D eigenvalue weighted by Gasteiger charge is 2.28. The lowest BCUT2D eigenvalue weighted by Crippen LogP contribution is -2.36. The number of aliphatic hydroxyl groups is 1. The number of benzene rings is 1. The van der Waals surface area contributed by atoms with Crippen LogP contribution in [0.2, 0.25) is 5.02 Å². The molecule has 0 saturated heterocycles. The second kappa shape index (κ2) is 5.17. The molecule has 1 N–H and O–H groups in total. The summed E-state index contributed by atoms with van der Waals surface area (Å²) in [6.07, 6.45) is 3.02. The third kappa shape index (κ3) is 2.76. The maximum Gasteiger partial charge on any atom is 0.0695 e. The Kier molecular flexibility index (Phi) is 3.85. The summed E-state index contributed by atoms with van der Waals surface area (Å²) in [5.41, 5.74) is 1.24. The van der Waals surface area contributed by atoms with Crippen molar-refractivity contribution >= 4 is 11.6 Å². The fraction of sp³-hybridized carbons (Fsp3) is 0.538. The maximum atomic E-state index is 9.82. The largest absolute Gasteiger partial charge is 0.391 e. The number of nitrogens with zero attached hydrogens (tertiary/aromatic N) is 1. The lowest BCUT2D eigenvalue weighted by Gasteiger charge is -2.26. The van der Waals surface area contributed by atoms with Crippen LogP contribution in [0.4, 0.5) is 0 Å². The molecular weight excluding hydrogens is 222 g/mol. The summed E-state index contributed by atoms with van der Waals surface area (Å²) < 4.78 is 0. The Morgan fingerprint density at radius 2 is 2.00 bits per heavy atom. The number of likely N-dealkylation sites (N-methyl/N-ethyl adjacent to an activating group) is 1. The topological polar surface area (TPSA) is 23.5 Å². The first-order chi connectivity index (χ1) is 7.66. The Balaban J connectivity index is 1.96. The molecule has 88 valence electrons. The fourth-order valence-electron chi connectivity index (χ4n) is 2.43. The zero-order chi connectivity index (χ0) is 11.5. The van der Waals surface area contributed by atoms with Gasteiger partial charge in [-0.15, -0.1) is 0 Å². The molecule has 0 amide bonds. The standard InChI is InChI=1S/C13H18ClNO/c1-15(12-3-2-4-13(12)16)9-10-5-7-11(14)8-6-10/h5-8,12-13,16H,2-4,9H2,1H3. The van der Waals surface area contributed by atoms with Gasteiger partial charge < -0.3 is 5.11 Å². The molecule has 0 radical (unpaired) electrons. The van der Waals surface area contributed by atoms with Crippen molar-refractivity contribution in [1.82, 2.24) is 4.90 Å². The second-order valence-electron chi connectivity index (χ2n) is 4.61. The lowest BCUT2D eigenvalue weighted by molar-refractivity contribution is 0.0825. The van der Waals surface area contributed by atoms with Gasteiger partial charge in [-0.2, -0.15) is 0 Å². The number of rotatable bonds is 3. The molecule has 0 bridgehead atoms. The van der Waals surface area contributed by atoms with E-state index in [1.165, 1.54) is 5.56 Å². The summed E-state index contributed by atoms with van der Waals surface area (Å²) >= 11 is 5.84. The zero-order valence-corrected chi connectivity index (χ0v) is 10.3. The van der Waals surface area contributed by atoms with E-state index >= 15 is 0 Å². The van der Waals surface area contributed by atoms with E-state index < -0.39 is 0 Å². The van der Waals surface area contributed by atoms with Crippen molar-refractivity contribution in [3.8, 4) is 0 Å². The molecule has 0 heterocycles. The zero-order valence-electron chi connectivity index (χ0n) is 9.56. The highest BCUT2D eigenvalue weighted by atomic mass is 35.5. The molecule has 0 spiro atoms. The van der Waals surface area contributed by atoms with Gasteiger partial charge in [-0.25, -0.2) is 0 Å². The van der Waals surface area contributed by atoms with Crippen molar-refractivity contribution in [2.45, 2.75) is 38.0 Å². The average Bonchev–Trinajstić information content (AvgIpc) is 2.68. The smallest absolute Gasteiger partial charge is 0.0695 e. The third-order valence-corrected chi connectivity index (χ3v) is 3.61. The van der Waals surface area contributed by atoms with E-state index in [0.29, 0.717) is 6.04 Å². The van der Waals surface area contributed by atoms with Crippen LogP contribution in [-0.2, 0) is 6.54 Å². The molecular formula is C13H18ClNO. The molecule has 2 unspecified atom stereocenters. The first-order valence-electron chi connectivity index (χ1n) is 5.79. The van der Waals surface area contributed by atoms with Gasteiger partial charge in [0.05, 0.1) is 6.10 Å². The summed E-state index contributed by atoms with van der Waals surface area (Å²) in [6.45, 7) is 0.874. The number of halogens is 1. The minimum Gasteiger partial charge on any atom is -0.391 e. The van der Waals surface area contributed by atoms with Gasteiger partial charge in [0.25, 0.3) is 0 Å². The van der Waals surface area contributed by atoms with Crippen molar-refractivity contribution < 1.29 is 5.11 Å². The molecule has 1 saturated carbocycles. The molecule has 1 fully saturated rings. The predicted octanol–water partition coefficient (Wildman–Crippen LogP) is 2.69. The Bertz CT molecular complexity index is 338. The van der Waals surface area contributed by atoms with Gasteiger partial charge in [-0.3, -0.25) is 4.90 Å². The molecule has 0 aliphatic heterocycles. The van der Waals surface area contributed by atoms with E-state index in [9.17, 15) is 5.11 Å². The van der Waals surface area contributed by atoms with E-state index in [0.717, 1.165) is 30.8 Å². The van der Waals surface area contributed by atoms with Gasteiger partial charge in [0.2, 0.25) is 0 Å². The fourth-order valence-corrected chi connectivity index (χ4v) is 2.56. The highest BCUT2D eigenvalue weighted by Crippen LogP contribution is 2.24. The van der Waals surface area contributed by atoms with E-state index in [2.05, 4.69) is 11.9 Å². The Morgan fingerprint density at radius 1 is 1.31 bits per heavy atom. The van der Waals surface area contributed by atoms with Gasteiger partial charge >= 0.3 is 0 Å². The number of hydrogen-bond donors (Lipinski definition) is 1. The van der Waals surface area contributed by atoms with Crippen LogP contribution in [0.25, 0.3) is 0 Å². The average molecular weight is 240 g/mol. The molecule has 2 nitrogen and oxygen atoms in total. The molecule has 1 aromatic rings. The van der Waals surface area contributed by atoms with Crippen molar-refractivity contribution in [3.05, 3.63) is 34.9 Å². The summed E-state index contributed by atoms with van der Waals surface area (Å²) in [5, 5.41) is 10.6. The van der Waals surface area contributed by atoms with E-state index in [4.69, 9.17) is 11.6 Å². The Labute approximate surface area is 102 Å². The summed E-state index contributed by atoms with van der Waals surface area (Å²) in [6, 6.07) is 8.22. The molecule has 2 atom stereocenters. The first-order valence-corrected chi connectivity index (χ1v) is 6.17. The van der Waals surface area contributed by atoms with E-state index in [1.54, 1.807) is 0 Å². The van der Waals surface area contributed by atoms with Gasteiger partial charge in [0, 0.05) is 17.6 Å². The Morgan fingerprint density at radius 3 is 2.56 bits per heavy atom. The van der Waals surface area contributed by atoms with Crippen molar-refractivity contribution in [2.75, 3.05) is 7.05 Å². The molecule has 2 rings (SSSR count). The summed E-state index contributed by atoms with van der Waals surface area (Å²) in [4.78, 5) is 2.24. The van der Waals surface area contributed by atoms with Crippen LogP contribution >= 0.6 is 11.6 Å². The second-order valence-corrected chi connectivity index (χ2v) is 5.04. The van der Waals surface area contributed by atoms with Gasteiger partial charge in [-0.05, 0) is 44.0 Å². The third-order valence-electron chi connectivity index (χ3n) is 3.36. The van der Waals surface area contributed by atoms with Crippen molar-refractivity contribution in [1.29, 1.82) is 0 Å².